The van der Waals surface area contributed by atoms with Crippen LogP contribution in [0.2, 0.25) is 0 Å². The molecule has 0 bridgehead atoms. The fourth-order valence-electron chi connectivity index (χ4n) is 2.14. The van der Waals surface area contributed by atoms with Gasteiger partial charge in [0, 0.05) is 6.20 Å². The van der Waals surface area contributed by atoms with Crippen LogP contribution in [0.3, 0.4) is 0 Å². The first-order valence-corrected chi connectivity index (χ1v) is 5.53. The van der Waals surface area contributed by atoms with Gasteiger partial charge in [-0.25, -0.2) is 0 Å². The lowest BCUT2D eigenvalue weighted by Gasteiger charge is -2.25. The third-order valence-electron chi connectivity index (χ3n) is 2.58. The maximum absolute atomic E-state index is 4.96. The molecule has 1 rings (SSSR count). The van der Waals surface area contributed by atoms with Gasteiger partial charge in [0.05, 0.1) is 12.3 Å². The molecule has 0 aliphatic heterocycles. The van der Waals surface area contributed by atoms with Gasteiger partial charge in [-0.05, 0) is 36.0 Å². The topological polar surface area (TPSA) is 22.1 Å². The Bertz CT molecular complexity index is 355. The Morgan fingerprint density at radius 1 is 1.33 bits per heavy atom. The van der Waals surface area contributed by atoms with Crippen LogP contribution >= 0.6 is 0 Å². The van der Waals surface area contributed by atoms with Crippen LogP contribution in [-0.2, 0) is 16.4 Å². The van der Waals surface area contributed by atoms with E-state index in [2.05, 4.69) is 50.1 Å². The van der Waals surface area contributed by atoms with Crippen LogP contribution < -0.4 is 0 Å². The van der Waals surface area contributed by atoms with Gasteiger partial charge in [0.2, 0.25) is 10.5 Å². The molecule has 0 saturated carbocycles. The van der Waals surface area contributed by atoms with Gasteiger partial charge in [-0.2, -0.15) is 0 Å². The molecule has 3 radical (unpaired) electrons. The average molecular weight is 220 g/mol. The number of hydrogen-bond donors (Lipinski definition) is 0. The monoisotopic (exact) mass is 220 g/mol. The second-order valence-electron chi connectivity index (χ2n) is 4.93. The van der Waals surface area contributed by atoms with Crippen LogP contribution in [0.15, 0.2) is 6.20 Å². The van der Waals surface area contributed by atoms with Gasteiger partial charge in [0.1, 0.15) is 0 Å². The fourth-order valence-corrected chi connectivity index (χ4v) is 2.28. The van der Waals surface area contributed by atoms with Crippen molar-refractivity contribution in [1.29, 1.82) is 0 Å². The quantitative estimate of drug-likeness (QED) is 0.715. The summed E-state index contributed by atoms with van der Waals surface area (Å²) >= 11 is 0. The predicted molar refractivity (Wildman–Crippen MR) is 63.0 cm³/mol. The molecule has 15 heavy (non-hydrogen) atoms. The van der Waals surface area contributed by atoms with E-state index in [1.807, 2.05) is 6.20 Å². The van der Waals surface area contributed by atoms with Crippen molar-refractivity contribution in [2.45, 2.75) is 46.6 Å². The average Bonchev–Trinajstić information content (AvgIpc) is 2.08. The first-order valence-electron chi connectivity index (χ1n) is 5.12. The molecule has 0 aliphatic carbocycles. The summed E-state index contributed by atoms with van der Waals surface area (Å²) in [6, 6.07) is 0. The van der Waals surface area contributed by atoms with Gasteiger partial charge < -0.3 is 4.43 Å². The molecule has 3 heteroatoms. The zero-order chi connectivity index (χ0) is 11.6. The van der Waals surface area contributed by atoms with Crippen LogP contribution in [0.5, 0.6) is 0 Å². The minimum atomic E-state index is 0.150. The van der Waals surface area contributed by atoms with E-state index in [1.165, 1.54) is 16.7 Å². The SMILES string of the molecule is Cc1cnc(CO[Si])c(C)c1C(C)(C)C. The number of pyridine rings is 1. The number of nitrogens with zero attached hydrogens (tertiary/aromatic N) is 1. The van der Waals surface area contributed by atoms with E-state index in [4.69, 9.17) is 4.43 Å². The minimum absolute atomic E-state index is 0.150. The number of aromatic nitrogens is 1. The summed E-state index contributed by atoms with van der Waals surface area (Å²) < 4.78 is 4.96. The molecule has 0 amide bonds. The zero-order valence-corrected chi connectivity index (χ0v) is 11.1. The van der Waals surface area contributed by atoms with Crippen molar-refractivity contribution in [2.24, 2.45) is 0 Å². The third-order valence-corrected chi connectivity index (χ3v) is 2.72. The van der Waals surface area contributed by atoms with Crippen molar-refractivity contribution >= 4 is 10.5 Å². The third kappa shape index (κ3) is 2.67. The summed E-state index contributed by atoms with van der Waals surface area (Å²) in [7, 11) is 3.02. The van der Waals surface area contributed by atoms with E-state index in [9.17, 15) is 0 Å². The Balaban J connectivity index is 3.30. The lowest BCUT2D eigenvalue weighted by Crippen LogP contribution is -2.17. The second kappa shape index (κ2) is 4.45. The highest BCUT2D eigenvalue weighted by atomic mass is 28.2. The summed E-state index contributed by atoms with van der Waals surface area (Å²) in [6.45, 7) is 11.4. The normalized spacial score (nSPS) is 11.9. The van der Waals surface area contributed by atoms with E-state index in [0.717, 1.165) is 5.69 Å². The molecule has 1 aromatic heterocycles. The molecule has 0 aromatic carbocycles. The Kier molecular flexibility index (Phi) is 3.68. The minimum Gasteiger partial charge on any atom is -0.413 e. The molecule has 0 fully saturated rings. The largest absolute Gasteiger partial charge is 0.413 e. The first-order chi connectivity index (χ1) is 6.88. The first kappa shape index (κ1) is 12.4. The van der Waals surface area contributed by atoms with E-state index >= 15 is 0 Å². The molecule has 0 unspecified atom stereocenters. The highest BCUT2D eigenvalue weighted by Crippen LogP contribution is 2.29. The molecule has 1 heterocycles. The Hall–Kier alpha value is -0.673. The summed E-state index contributed by atoms with van der Waals surface area (Å²) in [6.07, 6.45) is 1.92. The summed E-state index contributed by atoms with van der Waals surface area (Å²) in [5, 5.41) is 0. The number of aryl methyl sites for hydroxylation is 1. The van der Waals surface area contributed by atoms with Crippen molar-refractivity contribution in [3.8, 4) is 0 Å². The predicted octanol–water partition coefficient (Wildman–Crippen LogP) is 2.60. The lowest BCUT2D eigenvalue weighted by molar-refractivity contribution is 0.331. The Labute approximate surface area is 95.6 Å². The summed E-state index contributed by atoms with van der Waals surface area (Å²) in [5.74, 6) is 0. The van der Waals surface area contributed by atoms with Crippen molar-refractivity contribution < 1.29 is 4.43 Å². The molecule has 0 N–H and O–H groups in total. The van der Waals surface area contributed by atoms with Crippen molar-refractivity contribution in [1.82, 2.24) is 4.98 Å². The van der Waals surface area contributed by atoms with Gasteiger partial charge in [-0.3, -0.25) is 4.98 Å². The molecular weight excluding hydrogens is 202 g/mol. The number of rotatable bonds is 2. The smallest absolute Gasteiger partial charge is 0.246 e. The van der Waals surface area contributed by atoms with E-state index in [-0.39, 0.29) is 5.41 Å². The van der Waals surface area contributed by atoms with E-state index < -0.39 is 0 Å². The Morgan fingerprint density at radius 3 is 2.40 bits per heavy atom. The van der Waals surface area contributed by atoms with Gasteiger partial charge in [-0.15, -0.1) is 0 Å². The van der Waals surface area contributed by atoms with Crippen LogP contribution in [0.1, 0.15) is 43.2 Å². The highest BCUT2D eigenvalue weighted by Gasteiger charge is 2.20. The molecular formula is C12H18NOSi. The summed E-state index contributed by atoms with van der Waals surface area (Å²) in [5.41, 5.74) is 5.01. The van der Waals surface area contributed by atoms with Crippen LogP contribution in [0.4, 0.5) is 0 Å². The standard InChI is InChI=1S/C12H18NOSi/c1-8-6-13-10(7-14-15)9(2)11(8)12(3,4)5/h6H,7H2,1-5H3. The van der Waals surface area contributed by atoms with Gasteiger partial charge in [0.25, 0.3) is 0 Å². The highest BCUT2D eigenvalue weighted by molar-refractivity contribution is 5.97. The van der Waals surface area contributed by atoms with Crippen LogP contribution in [-0.4, -0.2) is 15.5 Å². The number of hydrogen-bond acceptors (Lipinski definition) is 2. The maximum atomic E-state index is 4.96. The Morgan fingerprint density at radius 2 is 1.93 bits per heavy atom. The molecule has 0 aliphatic rings. The second-order valence-corrected chi connectivity index (χ2v) is 5.22. The van der Waals surface area contributed by atoms with Crippen LogP contribution in [0, 0.1) is 13.8 Å². The van der Waals surface area contributed by atoms with Crippen molar-refractivity contribution in [2.75, 3.05) is 0 Å². The van der Waals surface area contributed by atoms with Gasteiger partial charge >= 0.3 is 0 Å². The van der Waals surface area contributed by atoms with Gasteiger partial charge in [-0.1, -0.05) is 20.8 Å². The van der Waals surface area contributed by atoms with Crippen molar-refractivity contribution in [3.05, 3.63) is 28.6 Å². The van der Waals surface area contributed by atoms with Crippen LogP contribution in [0.25, 0.3) is 0 Å². The molecule has 2 nitrogen and oxygen atoms in total. The van der Waals surface area contributed by atoms with Gasteiger partial charge in [0.15, 0.2) is 0 Å². The zero-order valence-electron chi connectivity index (χ0n) is 10.1. The van der Waals surface area contributed by atoms with E-state index in [1.54, 1.807) is 0 Å². The fraction of sp³-hybridized carbons (Fsp3) is 0.583. The molecule has 0 atom stereocenters. The van der Waals surface area contributed by atoms with E-state index in [0.29, 0.717) is 6.61 Å². The maximum Gasteiger partial charge on any atom is 0.246 e. The molecule has 81 valence electrons. The molecule has 0 saturated heterocycles. The lowest BCUT2D eigenvalue weighted by atomic mass is 9.81. The molecule has 0 spiro atoms. The van der Waals surface area contributed by atoms with Crippen molar-refractivity contribution in [3.63, 3.8) is 0 Å². The molecule has 1 aromatic rings. The summed E-state index contributed by atoms with van der Waals surface area (Å²) in [4.78, 5) is 4.39.